The Morgan fingerprint density at radius 1 is 1.04 bits per heavy atom. The highest BCUT2D eigenvalue weighted by Crippen LogP contribution is 2.12. The molecule has 0 unspecified atom stereocenters. The lowest BCUT2D eigenvalue weighted by molar-refractivity contribution is -0.117. The first kappa shape index (κ1) is 19.2. The molecule has 4 nitrogen and oxygen atoms in total. The van der Waals surface area contributed by atoms with Crippen LogP contribution in [0.2, 0.25) is 0 Å². The first-order valence-corrected chi connectivity index (χ1v) is 9.30. The van der Waals surface area contributed by atoms with E-state index in [4.69, 9.17) is 0 Å². The Balaban J connectivity index is 2.22. The van der Waals surface area contributed by atoms with Gasteiger partial charge in [-0.05, 0) is 52.8 Å². The molecule has 25 heavy (non-hydrogen) atoms. The number of amides is 2. The van der Waals surface area contributed by atoms with E-state index < -0.39 is 0 Å². The average molecular weight is 448 g/mol. The highest BCUT2D eigenvalue weighted by molar-refractivity contribution is 14.1. The van der Waals surface area contributed by atoms with Crippen molar-refractivity contribution in [3.05, 3.63) is 75.0 Å². The molecule has 2 aromatic rings. The van der Waals surface area contributed by atoms with Crippen molar-refractivity contribution in [1.82, 2.24) is 10.6 Å². The molecule has 0 saturated carbocycles. The number of nitrogens with one attached hydrogen (secondary N) is 2. The lowest BCUT2D eigenvalue weighted by atomic mass is 10.1. The van der Waals surface area contributed by atoms with Gasteiger partial charge in [-0.15, -0.1) is 0 Å². The van der Waals surface area contributed by atoms with Crippen LogP contribution in [0.4, 0.5) is 0 Å². The van der Waals surface area contributed by atoms with Crippen LogP contribution in [0, 0.1) is 3.57 Å². The third-order valence-electron chi connectivity index (χ3n) is 3.54. The molecule has 0 bridgehead atoms. The molecule has 130 valence electrons. The maximum atomic E-state index is 12.6. The lowest BCUT2D eigenvalue weighted by Crippen LogP contribution is -2.35. The Kier molecular flexibility index (Phi) is 7.66. The van der Waals surface area contributed by atoms with E-state index in [2.05, 4.69) is 40.1 Å². The van der Waals surface area contributed by atoms with E-state index in [0.29, 0.717) is 12.1 Å². The van der Waals surface area contributed by atoms with E-state index in [-0.39, 0.29) is 17.5 Å². The summed E-state index contributed by atoms with van der Waals surface area (Å²) in [6.07, 6.45) is 3.58. The minimum Gasteiger partial charge on any atom is -0.351 e. The molecular formula is C20H21IN2O2. The van der Waals surface area contributed by atoms with Crippen LogP contribution < -0.4 is 10.6 Å². The summed E-state index contributed by atoms with van der Waals surface area (Å²) in [5, 5.41) is 5.61. The molecule has 0 radical (unpaired) electrons. The molecule has 0 saturated heterocycles. The van der Waals surface area contributed by atoms with Crippen LogP contribution in [0.1, 0.15) is 35.7 Å². The second-order valence-corrected chi connectivity index (χ2v) is 6.67. The summed E-state index contributed by atoms with van der Waals surface area (Å²) in [7, 11) is 0. The lowest BCUT2D eigenvalue weighted by Gasteiger charge is -2.12. The second kappa shape index (κ2) is 9.98. The zero-order valence-corrected chi connectivity index (χ0v) is 16.2. The maximum Gasteiger partial charge on any atom is 0.267 e. The van der Waals surface area contributed by atoms with Crippen molar-refractivity contribution < 1.29 is 9.59 Å². The number of halogens is 1. The average Bonchev–Trinajstić information content (AvgIpc) is 2.62. The molecule has 0 atom stereocenters. The number of benzene rings is 2. The van der Waals surface area contributed by atoms with Gasteiger partial charge in [-0.3, -0.25) is 9.59 Å². The number of carbonyl (C=O) groups excluding carboxylic acids is 2. The minimum absolute atomic E-state index is 0.243. The molecule has 0 aliphatic rings. The van der Waals surface area contributed by atoms with E-state index >= 15 is 0 Å². The van der Waals surface area contributed by atoms with Gasteiger partial charge in [0.15, 0.2) is 0 Å². The molecule has 0 spiro atoms. The molecule has 0 heterocycles. The van der Waals surface area contributed by atoms with Gasteiger partial charge in [-0.2, -0.15) is 0 Å². The second-order valence-electron chi connectivity index (χ2n) is 5.51. The van der Waals surface area contributed by atoms with Crippen LogP contribution in [0.5, 0.6) is 0 Å². The highest BCUT2D eigenvalue weighted by atomic mass is 127. The highest BCUT2D eigenvalue weighted by Gasteiger charge is 2.15. The van der Waals surface area contributed by atoms with Crippen molar-refractivity contribution in [2.24, 2.45) is 0 Å². The molecule has 0 aromatic heterocycles. The summed E-state index contributed by atoms with van der Waals surface area (Å²) in [4.78, 5) is 25.0. The van der Waals surface area contributed by atoms with Crippen LogP contribution in [0.3, 0.4) is 0 Å². The van der Waals surface area contributed by atoms with E-state index in [1.165, 1.54) is 0 Å². The van der Waals surface area contributed by atoms with Crippen LogP contribution in [0.15, 0.2) is 60.3 Å². The number of unbranched alkanes of at least 4 members (excludes halogenated alkanes) is 1. The van der Waals surface area contributed by atoms with E-state index in [0.717, 1.165) is 22.0 Å². The van der Waals surface area contributed by atoms with Crippen LogP contribution in [-0.2, 0) is 4.79 Å². The third kappa shape index (κ3) is 6.01. The summed E-state index contributed by atoms with van der Waals surface area (Å²) in [6, 6.07) is 16.7. The Hall–Kier alpha value is -2.15. The van der Waals surface area contributed by atoms with Crippen LogP contribution in [-0.4, -0.2) is 18.4 Å². The number of hydrogen-bond acceptors (Lipinski definition) is 2. The number of hydrogen-bond donors (Lipinski definition) is 2. The number of rotatable bonds is 7. The number of carbonyl (C=O) groups is 2. The van der Waals surface area contributed by atoms with Crippen LogP contribution >= 0.6 is 22.6 Å². The summed E-state index contributed by atoms with van der Waals surface area (Å²) >= 11 is 2.11. The zero-order valence-electron chi connectivity index (χ0n) is 14.1. The fourth-order valence-electron chi connectivity index (χ4n) is 2.18. The van der Waals surface area contributed by atoms with E-state index in [1.807, 2.05) is 42.5 Å². The van der Waals surface area contributed by atoms with Crippen molar-refractivity contribution in [3.63, 3.8) is 0 Å². The summed E-state index contributed by atoms with van der Waals surface area (Å²) < 4.78 is 0.836. The topological polar surface area (TPSA) is 58.2 Å². The Morgan fingerprint density at radius 3 is 2.40 bits per heavy atom. The van der Waals surface area contributed by atoms with Crippen molar-refractivity contribution in [3.8, 4) is 0 Å². The maximum absolute atomic E-state index is 12.6. The van der Waals surface area contributed by atoms with Crippen molar-refractivity contribution >= 4 is 40.5 Å². The van der Waals surface area contributed by atoms with Gasteiger partial charge >= 0.3 is 0 Å². The Bertz CT molecular complexity index is 757. The van der Waals surface area contributed by atoms with Crippen molar-refractivity contribution in [2.45, 2.75) is 19.8 Å². The smallest absolute Gasteiger partial charge is 0.267 e. The van der Waals surface area contributed by atoms with Gasteiger partial charge in [0.1, 0.15) is 5.70 Å². The molecular weight excluding hydrogens is 427 g/mol. The van der Waals surface area contributed by atoms with Gasteiger partial charge in [0.25, 0.3) is 11.8 Å². The molecule has 0 fully saturated rings. The summed E-state index contributed by atoms with van der Waals surface area (Å²) in [5.74, 6) is -0.575. The van der Waals surface area contributed by atoms with Gasteiger partial charge < -0.3 is 10.6 Å². The quantitative estimate of drug-likeness (QED) is 0.383. The molecule has 2 aromatic carbocycles. The van der Waals surface area contributed by atoms with Gasteiger partial charge in [0.05, 0.1) is 5.56 Å². The molecule has 5 heteroatoms. The SMILES string of the molecule is CCCCNC(=O)C(=Cc1ccccc1)NC(=O)c1ccccc1I. The van der Waals surface area contributed by atoms with E-state index in [1.54, 1.807) is 18.2 Å². The van der Waals surface area contributed by atoms with Gasteiger partial charge in [0, 0.05) is 10.1 Å². The minimum atomic E-state index is -0.294. The molecule has 2 N–H and O–H groups in total. The fraction of sp³-hybridized carbons (Fsp3) is 0.200. The van der Waals surface area contributed by atoms with Crippen molar-refractivity contribution in [1.29, 1.82) is 0 Å². The third-order valence-corrected chi connectivity index (χ3v) is 4.48. The first-order valence-electron chi connectivity index (χ1n) is 8.22. The Morgan fingerprint density at radius 2 is 1.72 bits per heavy atom. The normalized spacial score (nSPS) is 11.0. The van der Waals surface area contributed by atoms with E-state index in [9.17, 15) is 9.59 Å². The zero-order chi connectivity index (χ0) is 18.1. The largest absolute Gasteiger partial charge is 0.351 e. The van der Waals surface area contributed by atoms with Crippen molar-refractivity contribution in [2.75, 3.05) is 6.54 Å². The van der Waals surface area contributed by atoms with Gasteiger partial charge in [-0.25, -0.2) is 0 Å². The van der Waals surface area contributed by atoms with Gasteiger partial charge in [-0.1, -0.05) is 55.8 Å². The summed E-state index contributed by atoms with van der Waals surface area (Å²) in [6.45, 7) is 2.65. The molecule has 0 aliphatic carbocycles. The predicted octanol–water partition coefficient (Wildman–Crippen LogP) is 3.98. The molecule has 0 aliphatic heterocycles. The monoisotopic (exact) mass is 448 g/mol. The standard InChI is InChI=1S/C20H21IN2O2/c1-2-3-13-22-20(25)18(14-15-9-5-4-6-10-15)23-19(24)16-11-7-8-12-17(16)21/h4-12,14H,2-3,13H2,1H3,(H,22,25)(H,23,24). The molecule has 2 rings (SSSR count). The fourth-order valence-corrected chi connectivity index (χ4v) is 2.82. The van der Waals surface area contributed by atoms with Gasteiger partial charge in [0.2, 0.25) is 0 Å². The Labute approximate surface area is 161 Å². The summed E-state index contributed by atoms with van der Waals surface area (Å²) in [5.41, 5.74) is 1.64. The van der Waals surface area contributed by atoms with Crippen LogP contribution in [0.25, 0.3) is 6.08 Å². The molecule has 2 amide bonds. The predicted molar refractivity (Wildman–Crippen MR) is 109 cm³/mol. The first-order chi connectivity index (χ1) is 12.1.